The zero-order valence-electron chi connectivity index (χ0n) is 6.05. The Morgan fingerprint density at radius 3 is 1.22 bits per heavy atom. The van der Waals surface area contributed by atoms with Gasteiger partial charge in [-0.3, -0.25) is 0 Å². The van der Waals surface area contributed by atoms with Gasteiger partial charge in [0.25, 0.3) is 0 Å². The molecule has 0 bridgehead atoms. The summed E-state index contributed by atoms with van der Waals surface area (Å²) < 4.78 is 0. The maximum absolute atomic E-state index is 7.57. The number of hydrogen-bond donors (Lipinski definition) is 1. The second kappa shape index (κ2) is 65.1. The lowest BCUT2D eigenvalue weighted by molar-refractivity contribution is 0.318. The van der Waals surface area contributed by atoms with Crippen molar-refractivity contribution < 1.29 is 5.11 Å². The zero-order chi connectivity index (χ0) is 8.12. The first kappa shape index (κ1) is 15.7. The van der Waals surface area contributed by atoms with E-state index in [0.717, 1.165) is 0 Å². The average molecular weight is 128 g/mol. The van der Waals surface area contributed by atoms with Crippen LogP contribution >= 0.6 is 0 Å². The lowest BCUT2D eigenvalue weighted by atomic mass is 10.9. The Hall–Kier alpha value is -1.06. The Bertz CT molecular complexity index is 76.2. The smallest absolute Gasteiger partial charge is 0.0587 e. The van der Waals surface area contributed by atoms with Crippen LogP contribution < -0.4 is 0 Å². The highest BCUT2D eigenvalue weighted by molar-refractivity contribution is 4.51. The number of hydrogen-bond acceptors (Lipinski definition) is 3. The van der Waals surface area contributed by atoms with E-state index < -0.39 is 0 Å². The van der Waals surface area contributed by atoms with Gasteiger partial charge in [0.1, 0.15) is 0 Å². The Morgan fingerprint density at radius 2 is 1.22 bits per heavy atom. The first-order chi connectivity index (χ1) is 4.24. The molecule has 0 spiro atoms. The summed E-state index contributed by atoms with van der Waals surface area (Å²) in [6.45, 7) is 4.79. The molecule has 1 N–H and O–H groups in total. The van der Waals surface area contributed by atoms with Gasteiger partial charge in [-0.1, -0.05) is 0 Å². The molecule has 0 aliphatic rings. The predicted molar refractivity (Wildman–Crippen MR) is 35.3 cm³/mol. The molecule has 0 saturated carbocycles. The van der Waals surface area contributed by atoms with Gasteiger partial charge in [0.05, 0.1) is 12.1 Å². The fraction of sp³-hybridized carbons (Fsp3) is 0.667. The van der Waals surface area contributed by atoms with Crippen molar-refractivity contribution in [1.82, 2.24) is 0 Å². The molecule has 0 aromatic carbocycles. The van der Waals surface area contributed by atoms with Gasteiger partial charge >= 0.3 is 0 Å². The third kappa shape index (κ3) is 151. The molecule has 52 valence electrons. The van der Waals surface area contributed by atoms with Crippen LogP contribution in [0.25, 0.3) is 0 Å². The molecule has 0 radical (unpaired) electrons. The molecule has 0 fully saturated rings. The summed E-state index contributed by atoms with van der Waals surface area (Å²) >= 11 is 0. The van der Waals surface area contributed by atoms with Crippen molar-refractivity contribution in [1.29, 1.82) is 10.5 Å². The van der Waals surface area contributed by atoms with Crippen LogP contribution in [0, 0.1) is 22.7 Å². The highest BCUT2D eigenvalue weighted by Crippen LogP contribution is 1.30. The van der Waals surface area contributed by atoms with Crippen LogP contribution in [0.15, 0.2) is 0 Å². The molecule has 0 atom stereocenters. The van der Waals surface area contributed by atoms with Crippen molar-refractivity contribution in [3.05, 3.63) is 0 Å². The average Bonchev–Trinajstić information content (AvgIpc) is 1.70. The highest BCUT2D eigenvalue weighted by Gasteiger charge is 1.34. The van der Waals surface area contributed by atoms with Crippen molar-refractivity contribution >= 4 is 0 Å². The molecule has 0 amide bonds. The van der Waals surface area contributed by atoms with E-state index in [-0.39, 0.29) is 6.61 Å². The Balaban J connectivity index is -0.0000000600. The van der Waals surface area contributed by atoms with E-state index in [1.54, 1.807) is 19.1 Å². The maximum atomic E-state index is 7.57. The van der Waals surface area contributed by atoms with E-state index in [2.05, 4.69) is 0 Å². The van der Waals surface area contributed by atoms with Crippen molar-refractivity contribution in [2.45, 2.75) is 20.8 Å². The second-order valence-corrected chi connectivity index (χ2v) is 0.763. The fourth-order valence-electron chi connectivity index (χ4n) is 0. The van der Waals surface area contributed by atoms with Crippen LogP contribution in [0.4, 0.5) is 0 Å². The number of rotatable bonds is 0. The van der Waals surface area contributed by atoms with Crippen molar-refractivity contribution in [3.63, 3.8) is 0 Å². The zero-order valence-corrected chi connectivity index (χ0v) is 6.05. The van der Waals surface area contributed by atoms with Crippen LogP contribution in [0.2, 0.25) is 0 Å². The molecule has 0 rings (SSSR count). The first-order valence-corrected chi connectivity index (χ1v) is 2.47. The molecule has 0 aliphatic heterocycles. The minimum atomic E-state index is 0.250. The third-order valence-electron chi connectivity index (χ3n) is 0. The summed E-state index contributed by atoms with van der Waals surface area (Å²) in [5, 5.41) is 22.2. The first-order valence-electron chi connectivity index (χ1n) is 2.47. The van der Waals surface area contributed by atoms with Crippen LogP contribution in [0.5, 0.6) is 0 Å². The van der Waals surface area contributed by atoms with Gasteiger partial charge in [-0.25, -0.2) is 0 Å². The van der Waals surface area contributed by atoms with E-state index in [1.165, 1.54) is 13.8 Å². The van der Waals surface area contributed by atoms with Gasteiger partial charge in [0.2, 0.25) is 0 Å². The molecular weight excluding hydrogens is 116 g/mol. The third-order valence-corrected chi connectivity index (χ3v) is 0. The standard InChI is InChI=1S/2C2H3N.C2H6O/c3*1-2-3/h2*1H3;3H,2H2,1H3. The van der Waals surface area contributed by atoms with Gasteiger partial charge in [-0.2, -0.15) is 10.5 Å². The lowest BCUT2D eigenvalue weighted by Gasteiger charge is -1.52. The number of aliphatic hydroxyl groups excluding tert-OH is 1. The van der Waals surface area contributed by atoms with Gasteiger partial charge in [0, 0.05) is 20.5 Å². The molecular formula is C6H12N2O. The van der Waals surface area contributed by atoms with Crippen LogP contribution in [0.1, 0.15) is 20.8 Å². The van der Waals surface area contributed by atoms with Crippen LogP contribution in [-0.2, 0) is 0 Å². The summed E-state index contributed by atoms with van der Waals surface area (Å²) in [6.07, 6.45) is 0. The summed E-state index contributed by atoms with van der Waals surface area (Å²) in [7, 11) is 0. The number of nitrogens with zero attached hydrogens (tertiary/aromatic N) is 2. The normalized spacial score (nSPS) is 3.78. The molecule has 0 aliphatic carbocycles. The van der Waals surface area contributed by atoms with Gasteiger partial charge in [-0.15, -0.1) is 0 Å². The second-order valence-electron chi connectivity index (χ2n) is 0.763. The largest absolute Gasteiger partial charge is 0.397 e. The quantitative estimate of drug-likeness (QED) is 0.530. The summed E-state index contributed by atoms with van der Waals surface area (Å²) in [5.74, 6) is 0. The molecule has 3 heteroatoms. The Labute approximate surface area is 56.2 Å². The van der Waals surface area contributed by atoms with E-state index in [4.69, 9.17) is 15.6 Å². The van der Waals surface area contributed by atoms with E-state index in [9.17, 15) is 0 Å². The van der Waals surface area contributed by atoms with E-state index in [1.807, 2.05) is 0 Å². The molecule has 0 aromatic heterocycles. The molecule has 0 aromatic rings. The topological polar surface area (TPSA) is 67.8 Å². The van der Waals surface area contributed by atoms with Crippen LogP contribution in [-0.4, -0.2) is 11.7 Å². The summed E-state index contributed by atoms with van der Waals surface area (Å²) in [4.78, 5) is 0. The minimum Gasteiger partial charge on any atom is -0.397 e. The van der Waals surface area contributed by atoms with Crippen molar-refractivity contribution in [3.8, 4) is 12.1 Å². The van der Waals surface area contributed by atoms with E-state index in [0.29, 0.717) is 0 Å². The molecule has 9 heavy (non-hydrogen) atoms. The lowest BCUT2D eigenvalue weighted by Crippen LogP contribution is -1.57. The van der Waals surface area contributed by atoms with Crippen molar-refractivity contribution in [2.24, 2.45) is 0 Å². The SMILES string of the molecule is CC#N.CC#N.CCO. The minimum absolute atomic E-state index is 0.250. The number of nitriles is 2. The summed E-state index contributed by atoms with van der Waals surface area (Å²) in [5.41, 5.74) is 0. The summed E-state index contributed by atoms with van der Waals surface area (Å²) in [6, 6.07) is 3.50. The molecule has 0 saturated heterocycles. The van der Waals surface area contributed by atoms with Crippen molar-refractivity contribution in [2.75, 3.05) is 6.61 Å². The van der Waals surface area contributed by atoms with Gasteiger partial charge < -0.3 is 5.11 Å². The number of aliphatic hydroxyl groups is 1. The monoisotopic (exact) mass is 128 g/mol. The van der Waals surface area contributed by atoms with Crippen LogP contribution in [0.3, 0.4) is 0 Å². The fourth-order valence-corrected chi connectivity index (χ4v) is 0. The molecule has 3 nitrogen and oxygen atoms in total. The maximum Gasteiger partial charge on any atom is 0.0587 e. The van der Waals surface area contributed by atoms with Gasteiger partial charge in [-0.05, 0) is 6.92 Å². The Morgan fingerprint density at radius 1 is 1.22 bits per heavy atom. The predicted octanol–water partition coefficient (Wildman–Crippen LogP) is 1.06. The Kier molecular flexibility index (Phi) is 113. The van der Waals surface area contributed by atoms with E-state index >= 15 is 0 Å². The highest BCUT2D eigenvalue weighted by atomic mass is 16.2. The molecule has 0 heterocycles. The van der Waals surface area contributed by atoms with Gasteiger partial charge in [0.15, 0.2) is 0 Å². The molecule has 0 unspecified atom stereocenters.